The molecule has 2 N–H and O–H groups in total. The molecule has 18 heavy (non-hydrogen) atoms. The lowest BCUT2D eigenvalue weighted by Crippen LogP contribution is -2.40. The lowest BCUT2D eigenvalue weighted by Gasteiger charge is -2.16. The molecular formula is C13H19N3OS. The fourth-order valence-electron chi connectivity index (χ4n) is 2.20. The van der Waals surface area contributed by atoms with Crippen LogP contribution in [-0.2, 0) is 0 Å². The number of thiazole rings is 1. The zero-order chi connectivity index (χ0) is 12.7. The Morgan fingerprint density at radius 2 is 2.28 bits per heavy atom. The van der Waals surface area contributed by atoms with Crippen LogP contribution in [0, 0.1) is 18.8 Å². The summed E-state index contributed by atoms with van der Waals surface area (Å²) >= 11 is 1.69. The van der Waals surface area contributed by atoms with Gasteiger partial charge in [0, 0.05) is 17.1 Å². The first-order chi connectivity index (χ1) is 8.63. The molecule has 0 unspecified atom stereocenters. The maximum Gasteiger partial charge on any atom is 0.315 e. The molecule has 0 bridgehead atoms. The molecule has 0 spiro atoms. The molecular weight excluding hydrogens is 246 g/mol. The summed E-state index contributed by atoms with van der Waals surface area (Å²) in [6, 6.07) is 0.453. The van der Waals surface area contributed by atoms with E-state index in [1.54, 1.807) is 11.3 Å². The second-order valence-electron chi connectivity index (χ2n) is 5.56. The van der Waals surface area contributed by atoms with Gasteiger partial charge in [0.2, 0.25) is 0 Å². The summed E-state index contributed by atoms with van der Waals surface area (Å²) < 4.78 is 0. The minimum Gasteiger partial charge on any atom is -0.335 e. The Labute approximate surface area is 111 Å². The number of aromatic nitrogens is 1. The van der Waals surface area contributed by atoms with Gasteiger partial charge in [-0.1, -0.05) is 6.92 Å². The quantitative estimate of drug-likeness (QED) is 0.879. The lowest BCUT2D eigenvalue weighted by atomic mass is 10.2. The third-order valence-corrected chi connectivity index (χ3v) is 4.71. The largest absolute Gasteiger partial charge is 0.335 e. The Bertz CT molecular complexity index is 455. The summed E-state index contributed by atoms with van der Waals surface area (Å²) in [5.41, 5.74) is 0. The summed E-state index contributed by atoms with van der Waals surface area (Å²) in [5.74, 6) is 1.22. The molecule has 0 saturated heterocycles. The average Bonchev–Trinajstić information content (AvgIpc) is 3.21. The number of amides is 2. The van der Waals surface area contributed by atoms with Gasteiger partial charge < -0.3 is 10.6 Å². The number of carbonyl (C=O) groups is 1. The molecule has 3 atom stereocenters. The van der Waals surface area contributed by atoms with Crippen LogP contribution in [-0.4, -0.2) is 17.1 Å². The second kappa shape index (κ2) is 4.53. The van der Waals surface area contributed by atoms with Crippen molar-refractivity contribution in [3.63, 3.8) is 0 Å². The van der Waals surface area contributed by atoms with Gasteiger partial charge in [-0.05, 0) is 38.0 Å². The number of aryl methyl sites for hydroxylation is 1. The molecule has 2 saturated carbocycles. The van der Waals surface area contributed by atoms with E-state index in [4.69, 9.17) is 0 Å². The number of rotatable bonds is 4. The molecule has 2 aliphatic carbocycles. The summed E-state index contributed by atoms with van der Waals surface area (Å²) in [6.07, 6.45) is 5.39. The highest BCUT2D eigenvalue weighted by atomic mass is 32.1. The molecule has 4 nitrogen and oxygen atoms in total. The summed E-state index contributed by atoms with van der Waals surface area (Å²) in [4.78, 5) is 17.5. The van der Waals surface area contributed by atoms with Crippen molar-refractivity contribution in [1.82, 2.24) is 15.6 Å². The second-order valence-corrected chi connectivity index (χ2v) is 6.83. The van der Waals surface area contributed by atoms with E-state index in [1.807, 2.05) is 6.20 Å². The Hall–Kier alpha value is -1.10. The zero-order valence-corrected chi connectivity index (χ0v) is 11.6. The van der Waals surface area contributed by atoms with Crippen LogP contribution in [0.1, 0.15) is 42.1 Å². The van der Waals surface area contributed by atoms with Crippen LogP contribution in [0.3, 0.4) is 0 Å². The maximum absolute atomic E-state index is 11.9. The molecule has 1 heterocycles. The van der Waals surface area contributed by atoms with Crippen LogP contribution in [0.5, 0.6) is 0 Å². The number of hydrogen-bond acceptors (Lipinski definition) is 3. The van der Waals surface area contributed by atoms with E-state index < -0.39 is 0 Å². The first-order valence-electron chi connectivity index (χ1n) is 6.63. The van der Waals surface area contributed by atoms with Gasteiger partial charge in [-0.2, -0.15) is 0 Å². The van der Waals surface area contributed by atoms with Crippen molar-refractivity contribution in [3.8, 4) is 0 Å². The smallest absolute Gasteiger partial charge is 0.315 e. The van der Waals surface area contributed by atoms with E-state index in [0.717, 1.165) is 11.4 Å². The molecule has 2 fully saturated rings. The number of nitrogens with one attached hydrogen (secondary N) is 2. The number of hydrogen-bond donors (Lipinski definition) is 2. The highest BCUT2D eigenvalue weighted by Crippen LogP contribution is 2.42. The highest BCUT2D eigenvalue weighted by Gasteiger charge is 2.38. The minimum atomic E-state index is -0.0332. The fourth-order valence-corrected chi connectivity index (χ4v) is 3.12. The monoisotopic (exact) mass is 265 g/mol. The summed E-state index contributed by atoms with van der Waals surface area (Å²) in [5, 5.41) is 7.17. The fraction of sp³-hybridized carbons (Fsp3) is 0.692. The third kappa shape index (κ3) is 2.66. The van der Waals surface area contributed by atoms with Crippen molar-refractivity contribution < 1.29 is 4.79 Å². The lowest BCUT2D eigenvalue weighted by molar-refractivity contribution is 0.234. The molecule has 0 radical (unpaired) electrons. The number of carbonyl (C=O) groups excluding carboxylic acids is 1. The SMILES string of the molecule is Cc1cnc([C@H](NC(=O)N[C@@H]2C[C@@H]2C)C2CC2)s1. The molecule has 5 heteroatoms. The van der Waals surface area contributed by atoms with Crippen molar-refractivity contribution in [3.05, 3.63) is 16.1 Å². The van der Waals surface area contributed by atoms with Crippen LogP contribution >= 0.6 is 11.3 Å². The van der Waals surface area contributed by atoms with Crippen molar-refractivity contribution in [2.45, 2.75) is 45.2 Å². The van der Waals surface area contributed by atoms with Gasteiger partial charge in [-0.15, -0.1) is 11.3 Å². The van der Waals surface area contributed by atoms with E-state index in [-0.39, 0.29) is 12.1 Å². The Balaban J connectivity index is 1.61. The van der Waals surface area contributed by atoms with Crippen LogP contribution < -0.4 is 10.6 Å². The molecule has 0 aliphatic heterocycles. The van der Waals surface area contributed by atoms with Crippen molar-refractivity contribution in [2.24, 2.45) is 11.8 Å². The number of nitrogens with zero attached hydrogens (tertiary/aromatic N) is 1. The van der Waals surface area contributed by atoms with Gasteiger partial charge in [0.25, 0.3) is 0 Å². The standard InChI is InChI=1S/C13H19N3OS/c1-7-5-10(7)15-13(17)16-11(9-3-4-9)12-14-6-8(2)18-12/h6-7,9-11H,3-5H2,1-2H3,(H2,15,16,17)/t7-,10+,11+/m0/s1. The highest BCUT2D eigenvalue weighted by molar-refractivity contribution is 7.11. The van der Waals surface area contributed by atoms with Gasteiger partial charge >= 0.3 is 6.03 Å². The molecule has 3 rings (SSSR count). The van der Waals surface area contributed by atoms with E-state index in [2.05, 4.69) is 29.5 Å². The number of urea groups is 1. The van der Waals surface area contributed by atoms with Gasteiger partial charge in [0.15, 0.2) is 0 Å². The Kier molecular flexibility index (Phi) is 3.01. The molecule has 98 valence electrons. The van der Waals surface area contributed by atoms with Gasteiger partial charge in [-0.25, -0.2) is 9.78 Å². The Morgan fingerprint density at radius 3 is 2.78 bits per heavy atom. The molecule has 1 aromatic heterocycles. The van der Waals surface area contributed by atoms with E-state index in [0.29, 0.717) is 17.9 Å². The topological polar surface area (TPSA) is 54.0 Å². The first kappa shape index (κ1) is 12.0. The van der Waals surface area contributed by atoms with Crippen molar-refractivity contribution in [2.75, 3.05) is 0 Å². The minimum absolute atomic E-state index is 0.0332. The van der Waals surface area contributed by atoms with E-state index in [9.17, 15) is 4.79 Å². The molecule has 1 aromatic rings. The van der Waals surface area contributed by atoms with Crippen LogP contribution in [0.15, 0.2) is 6.20 Å². The zero-order valence-electron chi connectivity index (χ0n) is 10.8. The van der Waals surface area contributed by atoms with E-state index >= 15 is 0 Å². The molecule has 2 amide bonds. The summed E-state index contributed by atoms with van der Waals surface area (Å²) in [6.45, 7) is 4.21. The van der Waals surface area contributed by atoms with Crippen LogP contribution in [0.25, 0.3) is 0 Å². The van der Waals surface area contributed by atoms with E-state index in [1.165, 1.54) is 17.7 Å². The van der Waals surface area contributed by atoms with Crippen LogP contribution in [0.4, 0.5) is 4.79 Å². The Morgan fingerprint density at radius 1 is 1.56 bits per heavy atom. The van der Waals surface area contributed by atoms with Crippen LogP contribution in [0.2, 0.25) is 0 Å². The maximum atomic E-state index is 11.9. The average molecular weight is 265 g/mol. The normalized spacial score (nSPS) is 27.7. The predicted octanol–water partition coefficient (Wildman–Crippen LogP) is 2.61. The van der Waals surface area contributed by atoms with Gasteiger partial charge in [-0.3, -0.25) is 0 Å². The predicted molar refractivity (Wildman–Crippen MR) is 71.6 cm³/mol. The van der Waals surface area contributed by atoms with Crippen molar-refractivity contribution in [1.29, 1.82) is 0 Å². The molecule has 0 aromatic carbocycles. The third-order valence-electron chi connectivity index (χ3n) is 3.71. The van der Waals surface area contributed by atoms with Gasteiger partial charge in [0.1, 0.15) is 5.01 Å². The van der Waals surface area contributed by atoms with Crippen molar-refractivity contribution >= 4 is 17.4 Å². The first-order valence-corrected chi connectivity index (χ1v) is 7.44. The molecule has 2 aliphatic rings. The summed E-state index contributed by atoms with van der Waals surface area (Å²) in [7, 11) is 0. The van der Waals surface area contributed by atoms with Gasteiger partial charge in [0.05, 0.1) is 6.04 Å².